The SMILES string of the molecule is COC(=O)c1ccc(N=Nc2c(C(C)C)nc3ccc(C)cn23)cc1. The van der Waals surface area contributed by atoms with Crippen molar-refractivity contribution in [1.82, 2.24) is 9.38 Å². The molecular weight excluding hydrogens is 316 g/mol. The Balaban J connectivity index is 1.99. The summed E-state index contributed by atoms with van der Waals surface area (Å²) in [5.74, 6) is 0.587. The summed E-state index contributed by atoms with van der Waals surface area (Å²) < 4.78 is 6.65. The Hall–Kier alpha value is -3.02. The number of fused-ring (bicyclic) bond motifs is 1. The average molecular weight is 336 g/mol. The van der Waals surface area contributed by atoms with Gasteiger partial charge in [0.25, 0.3) is 0 Å². The molecule has 0 aliphatic heterocycles. The van der Waals surface area contributed by atoms with Crippen LogP contribution in [-0.4, -0.2) is 22.5 Å². The van der Waals surface area contributed by atoms with Crippen molar-refractivity contribution in [2.75, 3.05) is 7.11 Å². The van der Waals surface area contributed by atoms with Gasteiger partial charge in [0.05, 0.1) is 24.1 Å². The molecular formula is C19H20N4O2. The molecule has 6 heteroatoms. The van der Waals surface area contributed by atoms with E-state index in [1.165, 1.54) is 7.11 Å². The van der Waals surface area contributed by atoms with E-state index in [0.29, 0.717) is 11.3 Å². The summed E-state index contributed by atoms with van der Waals surface area (Å²) in [6, 6.07) is 10.8. The molecule has 2 heterocycles. The number of hydrogen-bond donors (Lipinski definition) is 0. The molecule has 3 rings (SSSR count). The third-order valence-electron chi connectivity index (χ3n) is 3.86. The lowest BCUT2D eigenvalue weighted by molar-refractivity contribution is 0.0601. The van der Waals surface area contributed by atoms with Gasteiger partial charge in [-0.15, -0.1) is 10.2 Å². The van der Waals surface area contributed by atoms with Crippen LogP contribution < -0.4 is 0 Å². The number of pyridine rings is 1. The lowest BCUT2D eigenvalue weighted by Crippen LogP contribution is -1.99. The van der Waals surface area contributed by atoms with E-state index in [2.05, 4.69) is 29.1 Å². The van der Waals surface area contributed by atoms with Crippen LogP contribution in [0.2, 0.25) is 0 Å². The average Bonchev–Trinajstić information content (AvgIpc) is 2.97. The normalized spacial score (nSPS) is 11.6. The summed E-state index contributed by atoms with van der Waals surface area (Å²) >= 11 is 0. The topological polar surface area (TPSA) is 68.3 Å². The molecule has 0 unspecified atom stereocenters. The first-order chi connectivity index (χ1) is 12.0. The van der Waals surface area contributed by atoms with Crippen molar-refractivity contribution >= 4 is 23.1 Å². The van der Waals surface area contributed by atoms with Crippen molar-refractivity contribution in [3.63, 3.8) is 0 Å². The largest absolute Gasteiger partial charge is 0.465 e. The first kappa shape index (κ1) is 16.8. The summed E-state index contributed by atoms with van der Waals surface area (Å²) in [6.07, 6.45) is 2.00. The fourth-order valence-corrected chi connectivity index (χ4v) is 2.53. The Labute approximate surface area is 146 Å². The summed E-state index contributed by atoms with van der Waals surface area (Å²) in [7, 11) is 1.36. The molecule has 0 radical (unpaired) electrons. The van der Waals surface area contributed by atoms with Crippen LogP contribution in [0.3, 0.4) is 0 Å². The van der Waals surface area contributed by atoms with Crippen molar-refractivity contribution in [3.8, 4) is 0 Å². The summed E-state index contributed by atoms with van der Waals surface area (Å²) in [5.41, 5.74) is 4.02. The highest BCUT2D eigenvalue weighted by Gasteiger charge is 2.15. The number of carbonyl (C=O) groups is 1. The minimum absolute atomic E-state index is 0.232. The van der Waals surface area contributed by atoms with E-state index in [9.17, 15) is 4.79 Å². The van der Waals surface area contributed by atoms with Gasteiger partial charge in [-0.25, -0.2) is 9.78 Å². The number of hydrogen-bond acceptors (Lipinski definition) is 5. The maximum absolute atomic E-state index is 11.5. The molecule has 6 nitrogen and oxygen atoms in total. The van der Waals surface area contributed by atoms with Gasteiger partial charge < -0.3 is 4.74 Å². The van der Waals surface area contributed by atoms with Crippen molar-refractivity contribution in [3.05, 3.63) is 59.4 Å². The molecule has 0 N–H and O–H groups in total. The zero-order chi connectivity index (χ0) is 18.0. The summed E-state index contributed by atoms with van der Waals surface area (Å²) in [6.45, 7) is 6.19. The van der Waals surface area contributed by atoms with E-state index in [0.717, 1.165) is 22.7 Å². The van der Waals surface area contributed by atoms with E-state index >= 15 is 0 Å². The Morgan fingerprint density at radius 2 is 1.84 bits per heavy atom. The minimum Gasteiger partial charge on any atom is -0.465 e. The van der Waals surface area contributed by atoms with E-state index in [1.54, 1.807) is 24.3 Å². The number of nitrogens with zero attached hydrogens (tertiary/aromatic N) is 4. The van der Waals surface area contributed by atoms with Crippen LogP contribution in [0.5, 0.6) is 0 Å². The van der Waals surface area contributed by atoms with Crippen LogP contribution in [-0.2, 0) is 4.74 Å². The third kappa shape index (κ3) is 3.42. The first-order valence-electron chi connectivity index (χ1n) is 8.08. The van der Waals surface area contributed by atoms with E-state index in [1.807, 2.05) is 29.7 Å². The smallest absolute Gasteiger partial charge is 0.337 e. The number of azo groups is 1. The molecule has 0 atom stereocenters. The van der Waals surface area contributed by atoms with Crippen molar-refractivity contribution in [2.24, 2.45) is 10.2 Å². The summed E-state index contributed by atoms with van der Waals surface area (Å²) in [5, 5.41) is 8.74. The lowest BCUT2D eigenvalue weighted by Gasteiger charge is -2.02. The van der Waals surface area contributed by atoms with Crippen molar-refractivity contribution in [2.45, 2.75) is 26.7 Å². The molecule has 0 aliphatic carbocycles. The third-order valence-corrected chi connectivity index (χ3v) is 3.86. The monoisotopic (exact) mass is 336 g/mol. The van der Waals surface area contributed by atoms with Crippen molar-refractivity contribution < 1.29 is 9.53 Å². The van der Waals surface area contributed by atoms with E-state index in [4.69, 9.17) is 4.74 Å². The predicted molar refractivity (Wildman–Crippen MR) is 96.0 cm³/mol. The maximum Gasteiger partial charge on any atom is 0.337 e. The molecule has 25 heavy (non-hydrogen) atoms. The minimum atomic E-state index is -0.372. The molecule has 0 fully saturated rings. The number of imidazole rings is 1. The number of esters is 1. The molecule has 0 aliphatic rings. The van der Waals surface area contributed by atoms with E-state index < -0.39 is 0 Å². The van der Waals surface area contributed by atoms with E-state index in [-0.39, 0.29) is 11.9 Å². The highest BCUT2D eigenvalue weighted by atomic mass is 16.5. The maximum atomic E-state index is 11.5. The fourth-order valence-electron chi connectivity index (χ4n) is 2.53. The molecule has 0 saturated heterocycles. The zero-order valence-corrected chi connectivity index (χ0v) is 14.7. The molecule has 2 aromatic heterocycles. The van der Waals surface area contributed by atoms with Gasteiger partial charge in [0.2, 0.25) is 0 Å². The highest BCUT2D eigenvalue weighted by Crippen LogP contribution is 2.29. The second-order valence-electron chi connectivity index (χ2n) is 6.15. The molecule has 0 spiro atoms. The number of benzene rings is 1. The number of aromatic nitrogens is 2. The van der Waals surface area contributed by atoms with Crippen LogP contribution in [0, 0.1) is 6.92 Å². The number of ether oxygens (including phenoxy) is 1. The van der Waals surface area contributed by atoms with Gasteiger partial charge in [-0.3, -0.25) is 4.40 Å². The molecule has 128 valence electrons. The Kier molecular flexibility index (Phi) is 4.61. The fraction of sp³-hybridized carbons (Fsp3) is 0.263. The molecule has 0 amide bonds. The highest BCUT2D eigenvalue weighted by molar-refractivity contribution is 5.89. The van der Waals surface area contributed by atoms with Crippen LogP contribution in [0.4, 0.5) is 11.5 Å². The van der Waals surface area contributed by atoms with Gasteiger partial charge in [0.1, 0.15) is 5.65 Å². The zero-order valence-electron chi connectivity index (χ0n) is 14.7. The number of carbonyl (C=O) groups excluding carboxylic acids is 1. The molecule has 3 aromatic rings. The van der Waals surface area contributed by atoms with Crippen LogP contribution in [0.15, 0.2) is 52.8 Å². The second-order valence-corrected chi connectivity index (χ2v) is 6.15. The molecule has 0 bridgehead atoms. The Bertz CT molecular complexity index is 940. The van der Waals surface area contributed by atoms with Gasteiger partial charge in [-0.05, 0) is 48.7 Å². The molecule has 1 aromatic carbocycles. The van der Waals surface area contributed by atoms with Gasteiger partial charge in [0, 0.05) is 6.20 Å². The summed E-state index contributed by atoms with van der Waals surface area (Å²) in [4.78, 5) is 16.1. The standard InChI is InChI=1S/C19H20N4O2/c1-12(2)17-18(23-11-13(3)5-10-16(23)20-17)22-21-15-8-6-14(7-9-15)19(24)25-4/h5-12H,1-4H3. The second kappa shape index (κ2) is 6.84. The Morgan fingerprint density at radius 3 is 2.48 bits per heavy atom. The quantitative estimate of drug-likeness (QED) is 0.499. The van der Waals surface area contributed by atoms with Crippen LogP contribution >= 0.6 is 0 Å². The number of aryl methyl sites for hydroxylation is 1. The van der Waals surface area contributed by atoms with Gasteiger partial charge >= 0.3 is 5.97 Å². The van der Waals surface area contributed by atoms with Gasteiger partial charge in [0.15, 0.2) is 5.82 Å². The first-order valence-corrected chi connectivity index (χ1v) is 8.08. The predicted octanol–water partition coefficient (Wildman–Crippen LogP) is 4.97. The van der Waals surface area contributed by atoms with Crippen molar-refractivity contribution in [1.29, 1.82) is 0 Å². The van der Waals surface area contributed by atoms with Gasteiger partial charge in [-0.1, -0.05) is 19.9 Å². The number of methoxy groups -OCH3 is 1. The Morgan fingerprint density at radius 1 is 1.12 bits per heavy atom. The van der Waals surface area contributed by atoms with Crippen LogP contribution in [0.25, 0.3) is 5.65 Å². The molecule has 0 saturated carbocycles. The van der Waals surface area contributed by atoms with Gasteiger partial charge in [-0.2, -0.15) is 0 Å². The van der Waals surface area contributed by atoms with Crippen LogP contribution in [0.1, 0.15) is 41.4 Å². The number of rotatable bonds is 4. The lowest BCUT2D eigenvalue weighted by atomic mass is 10.1.